The van der Waals surface area contributed by atoms with Crippen molar-refractivity contribution in [3.63, 3.8) is 0 Å². The molecule has 8 nitrogen and oxygen atoms in total. The van der Waals surface area contributed by atoms with Crippen LogP contribution < -0.4 is 10.6 Å². The maximum absolute atomic E-state index is 12.3. The average Bonchev–Trinajstić information content (AvgIpc) is 3.31. The van der Waals surface area contributed by atoms with Gasteiger partial charge in [-0.15, -0.1) is 0 Å². The standard InChI is InChI=1S/C24H28Cl2N6O2/c1-31(2)23(33)21(27)20(26)19-12-32(10-4-9-28-19)22-15-13-34-24(11-18(15)29-30-22)8-7-14-16(24)5-3-6-17(14)25/h3,5-6H,4,7-13,27H2,1-2H3,(H,29,30)/t24-/m0/s1. The first-order valence-corrected chi connectivity index (χ1v) is 12.2. The summed E-state index contributed by atoms with van der Waals surface area (Å²) < 4.78 is 6.54. The molecule has 10 heteroatoms. The molecule has 1 aromatic heterocycles. The zero-order chi connectivity index (χ0) is 24.0. The summed E-state index contributed by atoms with van der Waals surface area (Å²) in [4.78, 5) is 20.4. The third-order valence-corrected chi connectivity index (χ3v) is 7.71. The molecule has 1 spiro atoms. The summed E-state index contributed by atoms with van der Waals surface area (Å²) in [5, 5.41) is 8.94. The molecule has 0 bridgehead atoms. The number of ether oxygens (including phenoxy) is 1. The Morgan fingerprint density at radius 2 is 2.15 bits per heavy atom. The van der Waals surface area contributed by atoms with Crippen molar-refractivity contribution < 1.29 is 9.53 Å². The van der Waals surface area contributed by atoms with Crippen LogP contribution in [-0.4, -0.2) is 60.4 Å². The van der Waals surface area contributed by atoms with Crippen molar-refractivity contribution in [3.8, 4) is 0 Å². The molecular weight excluding hydrogens is 475 g/mol. The summed E-state index contributed by atoms with van der Waals surface area (Å²) in [6.07, 6.45) is 3.38. The fraction of sp³-hybridized carbons (Fsp3) is 0.458. The Balaban J connectivity index is 1.41. The summed E-state index contributed by atoms with van der Waals surface area (Å²) in [5.74, 6) is 0.502. The number of anilines is 1. The Labute approximate surface area is 208 Å². The number of amides is 1. The number of rotatable bonds is 3. The molecule has 1 aromatic carbocycles. The fourth-order valence-corrected chi connectivity index (χ4v) is 5.60. The van der Waals surface area contributed by atoms with E-state index in [1.165, 1.54) is 16.0 Å². The normalized spacial score (nSPS) is 22.6. The molecule has 5 rings (SSSR count). The van der Waals surface area contributed by atoms with Crippen LogP contribution in [0.4, 0.5) is 5.82 Å². The second kappa shape index (κ2) is 8.91. The molecule has 2 aromatic rings. The second-order valence-electron chi connectivity index (χ2n) is 9.26. The molecule has 0 unspecified atom stereocenters. The van der Waals surface area contributed by atoms with Crippen LogP contribution in [-0.2, 0) is 34.6 Å². The van der Waals surface area contributed by atoms with E-state index < -0.39 is 0 Å². The Morgan fingerprint density at radius 3 is 2.94 bits per heavy atom. The number of aliphatic imine (C=N–C) groups is 1. The molecular formula is C24H28Cl2N6O2. The minimum atomic E-state index is -0.366. The van der Waals surface area contributed by atoms with Crippen LogP contribution in [0.5, 0.6) is 0 Å². The van der Waals surface area contributed by atoms with Crippen LogP contribution in [0.3, 0.4) is 0 Å². The summed E-state index contributed by atoms with van der Waals surface area (Å²) in [6.45, 7) is 2.25. The molecule has 0 radical (unpaired) electrons. The number of nitrogens with zero attached hydrogens (tertiary/aromatic N) is 4. The van der Waals surface area contributed by atoms with E-state index in [0.29, 0.717) is 25.4 Å². The van der Waals surface area contributed by atoms with Gasteiger partial charge in [0, 0.05) is 49.9 Å². The minimum Gasteiger partial charge on any atom is -0.393 e. The number of carbonyl (C=O) groups is 1. The first-order chi connectivity index (χ1) is 16.3. The summed E-state index contributed by atoms with van der Waals surface area (Å²) in [6, 6.07) is 6.06. The van der Waals surface area contributed by atoms with Gasteiger partial charge in [-0.1, -0.05) is 35.3 Å². The van der Waals surface area contributed by atoms with E-state index in [-0.39, 0.29) is 22.2 Å². The van der Waals surface area contributed by atoms with Gasteiger partial charge in [0.15, 0.2) is 5.82 Å². The van der Waals surface area contributed by atoms with Crippen molar-refractivity contribution in [3.05, 3.63) is 56.3 Å². The Kier molecular flexibility index (Phi) is 6.08. The number of H-pyrrole nitrogens is 1. The number of aromatic nitrogens is 2. The third kappa shape index (κ3) is 3.87. The fourth-order valence-electron chi connectivity index (χ4n) is 5.13. The highest BCUT2D eigenvalue weighted by atomic mass is 35.5. The highest BCUT2D eigenvalue weighted by Crippen LogP contribution is 2.48. The predicted molar refractivity (Wildman–Crippen MR) is 133 cm³/mol. The molecule has 3 aliphatic rings. The van der Waals surface area contributed by atoms with Gasteiger partial charge < -0.3 is 20.3 Å². The molecule has 2 aliphatic heterocycles. The smallest absolute Gasteiger partial charge is 0.270 e. The van der Waals surface area contributed by atoms with Crippen molar-refractivity contribution in [2.45, 2.75) is 37.9 Å². The van der Waals surface area contributed by atoms with E-state index >= 15 is 0 Å². The van der Waals surface area contributed by atoms with Gasteiger partial charge in [0.05, 0.1) is 29.5 Å². The molecule has 3 heterocycles. The molecule has 0 saturated heterocycles. The highest BCUT2D eigenvalue weighted by Gasteiger charge is 2.45. The van der Waals surface area contributed by atoms with Gasteiger partial charge in [0.25, 0.3) is 5.91 Å². The number of nitrogens with one attached hydrogen (secondary N) is 1. The zero-order valence-electron chi connectivity index (χ0n) is 19.3. The number of aromatic amines is 1. The van der Waals surface area contributed by atoms with E-state index in [2.05, 4.69) is 26.2 Å². The zero-order valence-corrected chi connectivity index (χ0v) is 20.8. The van der Waals surface area contributed by atoms with Crippen LogP contribution >= 0.6 is 23.2 Å². The molecule has 0 saturated carbocycles. The first-order valence-electron chi connectivity index (χ1n) is 11.4. The van der Waals surface area contributed by atoms with Crippen molar-refractivity contribution in [2.75, 3.05) is 38.6 Å². The topological polar surface area (TPSA) is 99.8 Å². The lowest BCUT2D eigenvalue weighted by atomic mass is 9.87. The van der Waals surface area contributed by atoms with Gasteiger partial charge in [-0.05, 0) is 36.5 Å². The quantitative estimate of drug-likeness (QED) is 0.628. The number of fused-ring (bicyclic) bond motifs is 3. The highest BCUT2D eigenvalue weighted by molar-refractivity contribution is 6.45. The minimum absolute atomic E-state index is 0.000146. The van der Waals surface area contributed by atoms with Crippen LogP contribution in [0, 0.1) is 0 Å². The van der Waals surface area contributed by atoms with E-state index in [1.807, 2.05) is 12.1 Å². The van der Waals surface area contributed by atoms with E-state index in [4.69, 9.17) is 33.7 Å². The van der Waals surface area contributed by atoms with Crippen LogP contribution in [0.2, 0.25) is 5.02 Å². The molecule has 1 amide bonds. The van der Waals surface area contributed by atoms with Crippen molar-refractivity contribution in [1.82, 2.24) is 15.1 Å². The van der Waals surface area contributed by atoms with Crippen molar-refractivity contribution >= 4 is 40.6 Å². The van der Waals surface area contributed by atoms with Gasteiger partial charge in [-0.25, -0.2) is 0 Å². The molecule has 1 aliphatic carbocycles. The third-order valence-electron chi connectivity index (χ3n) is 6.93. The van der Waals surface area contributed by atoms with Gasteiger partial charge in [0.1, 0.15) is 5.70 Å². The Morgan fingerprint density at radius 1 is 1.32 bits per heavy atom. The molecule has 0 fully saturated rings. The Bertz CT molecular complexity index is 1200. The summed E-state index contributed by atoms with van der Waals surface area (Å²) in [7, 11) is 3.28. The average molecular weight is 503 g/mol. The predicted octanol–water partition coefficient (Wildman–Crippen LogP) is 3.13. The molecule has 1 atom stereocenters. The largest absolute Gasteiger partial charge is 0.393 e. The van der Waals surface area contributed by atoms with E-state index in [1.54, 1.807) is 14.1 Å². The number of benzene rings is 1. The maximum atomic E-state index is 12.3. The number of carbonyl (C=O) groups excluding carboxylic acids is 1. The molecule has 180 valence electrons. The molecule has 3 N–H and O–H groups in total. The van der Waals surface area contributed by atoms with E-state index in [0.717, 1.165) is 54.3 Å². The number of nitrogens with two attached hydrogens (primary N) is 1. The monoisotopic (exact) mass is 502 g/mol. The second-order valence-corrected chi connectivity index (χ2v) is 10.0. The lowest BCUT2D eigenvalue weighted by Crippen LogP contribution is -2.36. The number of hydrogen-bond acceptors (Lipinski definition) is 6. The van der Waals surface area contributed by atoms with Crippen LogP contribution in [0.15, 0.2) is 33.9 Å². The van der Waals surface area contributed by atoms with Crippen LogP contribution in [0.25, 0.3) is 0 Å². The Hall–Kier alpha value is -2.55. The van der Waals surface area contributed by atoms with E-state index in [9.17, 15) is 4.79 Å². The number of halogens is 2. The van der Waals surface area contributed by atoms with Gasteiger partial charge in [-0.3, -0.25) is 14.9 Å². The van der Waals surface area contributed by atoms with Gasteiger partial charge in [0.2, 0.25) is 0 Å². The lowest BCUT2D eigenvalue weighted by molar-refractivity contribution is -0.124. The SMILES string of the molecule is CN(C)C(=O)C(N)=C(Cl)C1=NCCCN(c2n[nH]c3c2CO[C@@]2(CCc4c(Cl)cccc42)C3)C1. The molecule has 34 heavy (non-hydrogen) atoms. The number of hydrogen-bond donors (Lipinski definition) is 2. The van der Waals surface area contributed by atoms with Crippen LogP contribution in [0.1, 0.15) is 35.2 Å². The lowest BCUT2D eigenvalue weighted by Gasteiger charge is -2.35. The maximum Gasteiger partial charge on any atom is 0.270 e. The van der Waals surface area contributed by atoms with Crippen molar-refractivity contribution in [2.24, 2.45) is 10.7 Å². The summed E-state index contributed by atoms with van der Waals surface area (Å²) in [5.41, 5.74) is 10.8. The first kappa shape index (κ1) is 23.2. The number of likely N-dealkylation sites (N-methyl/N-ethyl adjacent to an activating group) is 1. The van der Waals surface area contributed by atoms with Crippen molar-refractivity contribution in [1.29, 1.82) is 0 Å². The van der Waals surface area contributed by atoms with Gasteiger partial charge in [-0.2, -0.15) is 5.10 Å². The van der Waals surface area contributed by atoms with Gasteiger partial charge >= 0.3 is 0 Å². The summed E-state index contributed by atoms with van der Waals surface area (Å²) >= 11 is 13.0.